The van der Waals surface area contributed by atoms with Crippen LogP contribution in [0.25, 0.3) is 0 Å². The maximum Gasteiger partial charge on any atom is 0.335 e. The summed E-state index contributed by atoms with van der Waals surface area (Å²) in [7, 11) is 0. The molecule has 0 aliphatic rings. The summed E-state index contributed by atoms with van der Waals surface area (Å²) in [6.07, 6.45) is 0. The van der Waals surface area contributed by atoms with E-state index in [1.54, 1.807) is 12.1 Å². The van der Waals surface area contributed by atoms with E-state index in [0.29, 0.717) is 4.34 Å². The van der Waals surface area contributed by atoms with E-state index >= 15 is 0 Å². The molecule has 0 atom stereocenters. The first kappa shape index (κ1) is 14.3. The molecule has 0 radical (unpaired) electrons. The summed E-state index contributed by atoms with van der Waals surface area (Å²) < 4.78 is 5.95. The van der Waals surface area contributed by atoms with Crippen LogP contribution in [-0.4, -0.2) is 16.0 Å². The third-order valence-electron chi connectivity index (χ3n) is 2.40. The normalized spacial score (nSPS) is 10.2. The van der Waals surface area contributed by atoms with Crippen molar-refractivity contribution in [2.75, 3.05) is 0 Å². The molecule has 0 aliphatic carbocycles. The number of halogens is 1. The van der Waals surface area contributed by atoms with E-state index in [-0.39, 0.29) is 23.6 Å². The molecule has 2 rings (SSSR count). The molecule has 1 N–H and O–H groups in total. The van der Waals surface area contributed by atoms with Gasteiger partial charge in [0.1, 0.15) is 6.61 Å². The highest BCUT2D eigenvalue weighted by Crippen LogP contribution is 2.30. The maximum atomic E-state index is 10.9. The topological polar surface area (TPSA) is 89.7 Å². The van der Waals surface area contributed by atoms with Gasteiger partial charge in [-0.1, -0.05) is 11.6 Å². The summed E-state index contributed by atoms with van der Waals surface area (Å²) in [6, 6.07) is 6.96. The third-order valence-corrected chi connectivity index (χ3v) is 3.61. The summed E-state index contributed by atoms with van der Waals surface area (Å²) in [6.45, 7) is 0.130. The molecule has 6 nitrogen and oxygen atoms in total. The predicted molar refractivity (Wildman–Crippen MR) is 73.7 cm³/mol. The molecule has 0 fully saturated rings. The molecule has 20 heavy (non-hydrogen) atoms. The van der Waals surface area contributed by atoms with Crippen LogP contribution in [0.5, 0.6) is 5.75 Å². The van der Waals surface area contributed by atoms with Crippen LogP contribution in [0.15, 0.2) is 30.3 Å². The van der Waals surface area contributed by atoms with Crippen LogP contribution in [0.1, 0.15) is 15.2 Å². The quantitative estimate of drug-likeness (QED) is 0.673. The van der Waals surface area contributed by atoms with E-state index in [9.17, 15) is 14.9 Å². The molecule has 0 aliphatic heterocycles. The van der Waals surface area contributed by atoms with Crippen molar-refractivity contribution in [3.8, 4) is 5.75 Å². The number of nitro benzene ring substituents is 1. The average Bonchev–Trinajstić information content (AvgIpc) is 2.81. The zero-order chi connectivity index (χ0) is 14.7. The fraction of sp³-hybridized carbons (Fsp3) is 0.0833. The van der Waals surface area contributed by atoms with Gasteiger partial charge < -0.3 is 9.84 Å². The van der Waals surface area contributed by atoms with Gasteiger partial charge in [0.05, 0.1) is 14.8 Å². The third kappa shape index (κ3) is 3.25. The minimum atomic E-state index is -1.23. The number of hydrogen-bond acceptors (Lipinski definition) is 5. The molecule has 104 valence electrons. The number of nitro groups is 1. The number of aromatic carboxylic acids is 1. The van der Waals surface area contributed by atoms with Crippen LogP contribution in [0.3, 0.4) is 0 Å². The van der Waals surface area contributed by atoms with Gasteiger partial charge in [-0.05, 0) is 24.3 Å². The Bertz CT molecular complexity index is 670. The van der Waals surface area contributed by atoms with E-state index in [1.165, 1.54) is 23.5 Å². The van der Waals surface area contributed by atoms with Gasteiger partial charge in [-0.2, -0.15) is 0 Å². The molecule has 0 bridgehead atoms. The maximum absolute atomic E-state index is 10.9. The summed E-state index contributed by atoms with van der Waals surface area (Å²) in [5.74, 6) is -1.21. The van der Waals surface area contributed by atoms with Crippen molar-refractivity contribution in [3.05, 3.63) is 55.2 Å². The molecule has 2 aromatic rings. The van der Waals surface area contributed by atoms with Crippen LogP contribution in [0, 0.1) is 10.1 Å². The van der Waals surface area contributed by atoms with Gasteiger partial charge in [-0.15, -0.1) is 11.3 Å². The fourth-order valence-corrected chi connectivity index (χ4v) is 2.49. The Kier molecular flexibility index (Phi) is 4.21. The van der Waals surface area contributed by atoms with Crippen molar-refractivity contribution in [2.45, 2.75) is 6.61 Å². The lowest BCUT2D eigenvalue weighted by Crippen LogP contribution is -2.01. The van der Waals surface area contributed by atoms with Crippen LogP contribution in [0.4, 0.5) is 5.69 Å². The summed E-state index contributed by atoms with van der Waals surface area (Å²) in [5.41, 5.74) is -0.546. The smallest absolute Gasteiger partial charge is 0.335 e. The van der Waals surface area contributed by atoms with Crippen LogP contribution >= 0.6 is 22.9 Å². The van der Waals surface area contributed by atoms with Gasteiger partial charge in [0.25, 0.3) is 0 Å². The number of carboxylic acids is 1. The van der Waals surface area contributed by atoms with Crippen LogP contribution < -0.4 is 4.74 Å². The second kappa shape index (κ2) is 5.89. The number of ether oxygens (including phenoxy) is 1. The standard InChI is InChI=1S/C12H8ClNO5S/c13-11-4-2-8(20-11)6-19-10-3-1-7(12(15)16)5-9(10)14(17)18/h1-5H,6H2,(H,15,16). The average molecular weight is 314 g/mol. The Morgan fingerprint density at radius 2 is 2.15 bits per heavy atom. The highest BCUT2D eigenvalue weighted by atomic mass is 35.5. The van der Waals surface area contributed by atoms with E-state index in [4.69, 9.17) is 21.4 Å². The molecular formula is C12H8ClNO5S. The van der Waals surface area contributed by atoms with Crippen molar-refractivity contribution < 1.29 is 19.6 Å². The first-order valence-corrected chi connectivity index (χ1v) is 6.55. The van der Waals surface area contributed by atoms with Crippen molar-refractivity contribution in [3.63, 3.8) is 0 Å². The largest absolute Gasteiger partial charge is 0.481 e. The van der Waals surface area contributed by atoms with E-state index in [2.05, 4.69) is 0 Å². The molecule has 1 aromatic heterocycles. The molecule has 1 aromatic carbocycles. The Morgan fingerprint density at radius 3 is 2.70 bits per heavy atom. The summed E-state index contributed by atoms with van der Waals surface area (Å²) >= 11 is 7.07. The lowest BCUT2D eigenvalue weighted by Gasteiger charge is -2.06. The summed E-state index contributed by atoms with van der Waals surface area (Å²) in [4.78, 5) is 21.9. The van der Waals surface area contributed by atoms with Gasteiger partial charge in [0, 0.05) is 10.9 Å². The van der Waals surface area contributed by atoms with Gasteiger partial charge in [-0.3, -0.25) is 10.1 Å². The lowest BCUT2D eigenvalue weighted by atomic mass is 10.2. The van der Waals surface area contributed by atoms with Crippen LogP contribution in [-0.2, 0) is 6.61 Å². The van der Waals surface area contributed by atoms with Gasteiger partial charge >= 0.3 is 11.7 Å². The Balaban J connectivity index is 2.22. The Hall–Kier alpha value is -2.12. The minimum absolute atomic E-state index is 0.0181. The van der Waals surface area contributed by atoms with E-state index in [1.807, 2.05) is 0 Å². The van der Waals surface area contributed by atoms with Gasteiger partial charge in [0.15, 0.2) is 5.75 Å². The molecule has 1 heterocycles. The highest BCUT2D eigenvalue weighted by Gasteiger charge is 2.18. The van der Waals surface area contributed by atoms with E-state index < -0.39 is 10.9 Å². The SMILES string of the molecule is O=C(O)c1ccc(OCc2ccc(Cl)s2)c([N+](=O)[O-])c1. The number of hydrogen-bond donors (Lipinski definition) is 1. The van der Waals surface area contributed by atoms with Crippen molar-refractivity contribution >= 4 is 34.6 Å². The zero-order valence-electron chi connectivity index (χ0n) is 9.91. The Labute approximate surface area is 122 Å². The molecule has 0 saturated carbocycles. The lowest BCUT2D eigenvalue weighted by molar-refractivity contribution is -0.386. The number of benzene rings is 1. The molecule has 0 spiro atoms. The number of thiophene rings is 1. The molecule has 0 unspecified atom stereocenters. The fourth-order valence-electron chi connectivity index (χ4n) is 1.49. The first-order chi connectivity index (χ1) is 9.47. The number of rotatable bonds is 5. The van der Waals surface area contributed by atoms with Crippen molar-refractivity contribution in [2.24, 2.45) is 0 Å². The highest BCUT2D eigenvalue weighted by molar-refractivity contribution is 7.16. The minimum Gasteiger partial charge on any atom is -0.481 e. The molecular weight excluding hydrogens is 306 g/mol. The van der Waals surface area contributed by atoms with Crippen molar-refractivity contribution in [1.29, 1.82) is 0 Å². The number of carbonyl (C=O) groups is 1. The molecule has 0 saturated heterocycles. The summed E-state index contributed by atoms with van der Waals surface area (Å²) in [5, 5.41) is 19.7. The Morgan fingerprint density at radius 1 is 1.40 bits per heavy atom. The van der Waals surface area contributed by atoms with Gasteiger partial charge in [0.2, 0.25) is 0 Å². The number of nitrogens with zero attached hydrogens (tertiary/aromatic N) is 1. The monoisotopic (exact) mass is 313 g/mol. The van der Waals surface area contributed by atoms with Crippen LogP contribution in [0.2, 0.25) is 4.34 Å². The number of carboxylic acid groups (broad SMARTS) is 1. The second-order valence-corrected chi connectivity index (χ2v) is 5.54. The van der Waals surface area contributed by atoms with Gasteiger partial charge in [-0.25, -0.2) is 4.79 Å². The zero-order valence-corrected chi connectivity index (χ0v) is 11.5. The second-order valence-electron chi connectivity index (χ2n) is 3.74. The molecule has 8 heteroatoms. The molecule has 0 amide bonds. The first-order valence-electron chi connectivity index (χ1n) is 5.36. The predicted octanol–water partition coefficient (Wildman–Crippen LogP) is 3.59. The van der Waals surface area contributed by atoms with E-state index in [0.717, 1.165) is 10.9 Å². The van der Waals surface area contributed by atoms with Crippen molar-refractivity contribution in [1.82, 2.24) is 0 Å².